The molecule has 0 unspecified atom stereocenters. The van der Waals surface area contributed by atoms with Crippen LogP contribution in [-0.4, -0.2) is 9.13 Å². The van der Waals surface area contributed by atoms with Crippen molar-refractivity contribution in [3.63, 3.8) is 0 Å². The maximum absolute atomic E-state index is 2.47. The van der Waals surface area contributed by atoms with Gasteiger partial charge in [0, 0.05) is 38.3 Å². The van der Waals surface area contributed by atoms with Crippen LogP contribution in [0.1, 0.15) is 30.5 Å². The van der Waals surface area contributed by atoms with Gasteiger partial charge in [0.15, 0.2) is 0 Å². The van der Waals surface area contributed by atoms with Crippen LogP contribution in [0, 0.1) is 13.8 Å². The number of hydrogen-bond donors (Lipinski definition) is 0. The van der Waals surface area contributed by atoms with Crippen molar-refractivity contribution < 1.29 is 0 Å². The van der Waals surface area contributed by atoms with Crippen molar-refractivity contribution in [3.05, 3.63) is 265 Å². The van der Waals surface area contributed by atoms with Crippen molar-refractivity contribution in [2.45, 2.75) is 33.1 Å². The molecule has 0 saturated carbocycles. The molecule has 0 N–H and O–H groups in total. The molecule has 322 valence electrons. The molecule has 0 bridgehead atoms. The van der Waals surface area contributed by atoms with Crippen molar-refractivity contribution in [1.82, 2.24) is 9.13 Å². The first kappa shape index (κ1) is 41.5. The highest BCUT2D eigenvalue weighted by molar-refractivity contribution is 6.23. The van der Waals surface area contributed by atoms with Crippen LogP contribution < -0.4 is 0 Å². The van der Waals surface area contributed by atoms with E-state index in [0.29, 0.717) is 0 Å². The summed E-state index contributed by atoms with van der Waals surface area (Å²) in [5, 5.41) is 10.2. The monoisotopic (exact) mass is 860 g/mol. The van der Waals surface area contributed by atoms with Gasteiger partial charge in [-0.2, -0.15) is 0 Å². The fourth-order valence-corrected chi connectivity index (χ4v) is 10.2. The summed E-state index contributed by atoms with van der Waals surface area (Å²) in [5.41, 5.74) is 14.4. The predicted molar refractivity (Wildman–Crippen MR) is 289 cm³/mol. The topological polar surface area (TPSA) is 9.86 Å². The quantitative estimate of drug-likeness (QED) is 0.153. The Morgan fingerprint density at radius 1 is 0.328 bits per heavy atom. The summed E-state index contributed by atoms with van der Waals surface area (Å²) in [6.07, 6.45) is 23.2. The molecule has 2 heterocycles. The minimum Gasteiger partial charge on any atom is -0.309 e. The van der Waals surface area contributed by atoms with Crippen LogP contribution in [0.3, 0.4) is 0 Å². The standard InChI is InChI=1S/C65H52N2/c1-45-46(2)56-42-60-54-30-22-24-32-62(54)67(52-39-35-50(36-40-52)65(3,4)49-27-19-15-11-6-5-7-12-16-20-28-49)64(60)44-58(56)57-43-63-59(41-55(45)57)53-29-21-23-31-61(53)66(63)51-37-33-48(34-38-51)47-25-17-13-9-8-10-14-18-26-47/h5-44H,1-4H3/b6-5-,7-5?,9-8?,10-8?,11-6?,12-7-,13-9?,14-10?,15-11-,16-12?,17-13?,18-14?,19-15?,20-16-,25-17?,26-18?,27-19-,28-20?,47-25?,47-26?,49-27?,49-28+. The fraction of sp³-hybridized carbons (Fsp3) is 0.0769. The van der Waals surface area contributed by atoms with Gasteiger partial charge in [-0.25, -0.2) is 0 Å². The van der Waals surface area contributed by atoms with Crippen molar-refractivity contribution >= 4 is 65.2 Å². The summed E-state index contributed by atoms with van der Waals surface area (Å²) in [6.45, 7) is 9.23. The van der Waals surface area contributed by atoms with Gasteiger partial charge in [0.05, 0.1) is 22.1 Å². The van der Waals surface area contributed by atoms with Gasteiger partial charge < -0.3 is 9.13 Å². The predicted octanol–water partition coefficient (Wildman–Crippen LogP) is 17.6. The molecule has 67 heavy (non-hydrogen) atoms. The molecular formula is C65H52N2. The maximum atomic E-state index is 2.47. The van der Waals surface area contributed by atoms with E-state index in [4.69, 9.17) is 0 Å². The van der Waals surface area contributed by atoms with E-state index < -0.39 is 0 Å². The average Bonchev–Trinajstić information content (AvgIpc) is 3.86. The van der Waals surface area contributed by atoms with Crippen LogP contribution in [0.25, 0.3) is 87.7 Å². The molecule has 10 aromatic rings. The van der Waals surface area contributed by atoms with Gasteiger partial charge in [0.1, 0.15) is 0 Å². The Hall–Kier alpha value is -8.20. The normalized spacial score (nSPS) is 16.3. The molecule has 0 spiro atoms. The Bertz CT molecular complexity index is 3790. The highest BCUT2D eigenvalue weighted by atomic mass is 15.0. The highest BCUT2D eigenvalue weighted by Crippen LogP contribution is 2.43. The fourth-order valence-electron chi connectivity index (χ4n) is 10.2. The molecule has 2 heteroatoms. The summed E-state index contributed by atoms with van der Waals surface area (Å²) in [6, 6.07) is 64.7. The molecule has 2 aromatic heterocycles. The van der Waals surface area contributed by atoms with Gasteiger partial charge >= 0.3 is 0 Å². The van der Waals surface area contributed by atoms with Crippen LogP contribution in [0.15, 0.2) is 248 Å². The Morgan fingerprint density at radius 3 is 1.27 bits per heavy atom. The molecule has 0 radical (unpaired) electrons. The van der Waals surface area contributed by atoms with Crippen LogP contribution in [0.4, 0.5) is 0 Å². The number of fused-ring (bicyclic) bond motifs is 9. The second-order valence-corrected chi connectivity index (χ2v) is 18.2. The number of hydrogen-bond acceptors (Lipinski definition) is 0. The van der Waals surface area contributed by atoms with Gasteiger partial charge in [-0.1, -0.05) is 196 Å². The van der Waals surface area contributed by atoms with Crippen LogP contribution in [-0.2, 0) is 5.41 Å². The van der Waals surface area contributed by atoms with E-state index in [-0.39, 0.29) is 5.41 Å². The Kier molecular flexibility index (Phi) is 10.7. The smallest absolute Gasteiger partial charge is 0.0547 e. The van der Waals surface area contributed by atoms with Crippen molar-refractivity contribution in [2.75, 3.05) is 0 Å². The van der Waals surface area contributed by atoms with Gasteiger partial charge in [0.25, 0.3) is 0 Å². The van der Waals surface area contributed by atoms with Gasteiger partial charge in [-0.05, 0) is 129 Å². The summed E-state index contributed by atoms with van der Waals surface area (Å²) in [4.78, 5) is 0. The Morgan fingerprint density at radius 2 is 0.746 bits per heavy atom. The van der Waals surface area contributed by atoms with Crippen LogP contribution >= 0.6 is 0 Å². The molecule has 8 aromatic carbocycles. The van der Waals surface area contributed by atoms with Crippen LogP contribution in [0.2, 0.25) is 0 Å². The molecule has 0 atom stereocenters. The molecule has 11 rings (SSSR count). The molecule has 0 amide bonds. The molecule has 2 nitrogen and oxygen atoms in total. The minimum absolute atomic E-state index is 0.228. The largest absolute Gasteiger partial charge is 0.309 e. The van der Waals surface area contributed by atoms with E-state index >= 15 is 0 Å². The SMILES string of the molecule is Cc1c(C)c2cc3c4ccccc4n(-c4ccc(C(C)(C)C5=C/C=C\C=C/C=C\C=C/C=C\5)cc4)c3cc2c2cc3c(cc12)c1ccccc1n3-c1ccc(-c2ccccccccc2)cc1. The first-order valence-corrected chi connectivity index (χ1v) is 23.4. The third-order valence-corrected chi connectivity index (χ3v) is 14.0. The molecule has 1 aliphatic carbocycles. The third-order valence-electron chi connectivity index (χ3n) is 14.0. The van der Waals surface area contributed by atoms with Crippen molar-refractivity contribution in [1.29, 1.82) is 0 Å². The number of nitrogens with zero attached hydrogens (tertiary/aromatic N) is 2. The van der Waals surface area contributed by atoms with Crippen molar-refractivity contribution in [3.8, 4) is 22.5 Å². The third kappa shape index (κ3) is 7.41. The number of aromatic nitrogens is 2. The lowest BCUT2D eigenvalue weighted by molar-refractivity contribution is 0.639. The number of rotatable bonds is 5. The maximum Gasteiger partial charge on any atom is 0.0547 e. The van der Waals surface area contributed by atoms with E-state index in [1.54, 1.807) is 0 Å². The number of allylic oxidation sites excluding steroid dienone is 12. The minimum atomic E-state index is -0.228. The average molecular weight is 861 g/mol. The molecular weight excluding hydrogens is 809 g/mol. The van der Waals surface area contributed by atoms with E-state index in [0.717, 1.165) is 11.4 Å². The van der Waals surface area contributed by atoms with E-state index in [1.807, 2.05) is 12.1 Å². The summed E-state index contributed by atoms with van der Waals surface area (Å²) >= 11 is 0. The lowest BCUT2D eigenvalue weighted by atomic mass is 9.77. The van der Waals surface area contributed by atoms with E-state index in [1.165, 1.54) is 98.5 Å². The number of para-hydroxylation sites is 2. The van der Waals surface area contributed by atoms with Gasteiger partial charge in [0.2, 0.25) is 0 Å². The van der Waals surface area contributed by atoms with Gasteiger partial charge in [-0.15, -0.1) is 0 Å². The first-order valence-electron chi connectivity index (χ1n) is 23.4. The molecule has 0 fully saturated rings. The first-order chi connectivity index (χ1) is 32.9. The van der Waals surface area contributed by atoms with Gasteiger partial charge in [-0.3, -0.25) is 0 Å². The number of benzene rings is 7. The Labute approximate surface area is 393 Å². The highest BCUT2D eigenvalue weighted by Gasteiger charge is 2.25. The molecule has 1 aliphatic rings. The second-order valence-electron chi connectivity index (χ2n) is 18.2. The van der Waals surface area contributed by atoms with E-state index in [9.17, 15) is 0 Å². The molecule has 0 saturated heterocycles. The molecule has 0 aliphatic heterocycles. The summed E-state index contributed by atoms with van der Waals surface area (Å²) < 4.78 is 4.92. The summed E-state index contributed by atoms with van der Waals surface area (Å²) in [5.74, 6) is 0. The lowest BCUT2D eigenvalue weighted by Gasteiger charge is -2.27. The second kappa shape index (κ2) is 17.3. The van der Waals surface area contributed by atoms with Crippen molar-refractivity contribution in [2.24, 2.45) is 0 Å². The zero-order valence-electron chi connectivity index (χ0n) is 38.5. The van der Waals surface area contributed by atoms with Crippen LogP contribution in [0.5, 0.6) is 0 Å². The Balaban J connectivity index is 1.08. The number of aryl methyl sites for hydroxylation is 2. The zero-order chi connectivity index (χ0) is 45.5. The zero-order valence-corrected chi connectivity index (χ0v) is 38.5. The van der Waals surface area contributed by atoms with E-state index in [2.05, 4.69) is 267 Å². The lowest BCUT2D eigenvalue weighted by Crippen LogP contribution is -2.19. The summed E-state index contributed by atoms with van der Waals surface area (Å²) in [7, 11) is 0.